The number of pyridine rings is 1. The molecule has 154 valence electrons. The number of aliphatic hydroxyl groups is 1. The molecule has 0 aliphatic carbocycles. The van der Waals surface area contributed by atoms with Gasteiger partial charge in [0.15, 0.2) is 5.82 Å². The lowest BCUT2D eigenvalue weighted by Gasteiger charge is -2.51. The van der Waals surface area contributed by atoms with Gasteiger partial charge in [-0.2, -0.15) is 0 Å². The van der Waals surface area contributed by atoms with Gasteiger partial charge in [-0.05, 0) is 25.1 Å². The van der Waals surface area contributed by atoms with E-state index < -0.39 is 11.4 Å². The molecule has 0 unspecified atom stereocenters. The molecule has 1 amide bonds. The number of piperidine rings is 1. The van der Waals surface area contributed by atoms with E-state index in [0.29, 0.717) is 19.5 Å². The quantitative estimate of drug-likeness (QED) is 0.851. The number of halogens is 1. The molecule has 1 N–H and O–H groups in total. The average Bonchev–Trinajstić information content (AvgIpc) is 2.75. The molecule has 0 radical (unpaired) electrons. The second kappa shape index (κ2) is 8.18. The summed E-state index contributed by atoms with van der Waals surface area (Å²) in [6.07, 6.45) is 2.90. The molecule has 0 bridgehead atoms. The maximum Gasteiger partial charge on any atom is 0.257 e. The topological polar surface area (TPSA) is 59.9 Å². The van der Waals surface area contributed by atoms with E-state index in [2.05, 4.69) is 21.8 Å². The van der Waals surface area contributed by atoms with E-state index >= 15 is 0 Å². The van der Waals surface area contributed by atoms with Crippen LogP contribution in [0.5, 0.6) is 0 Å². The van der Waals surface area contributed by atoms with Gasteiger partial charge < -0.3 is 14.9 Å². The van der Waals surface area contributed by atoms with E-state index in [4.69, 9.17) is 0 Å². The van der Waals surface area contributed by atoms with Gasteiger partial charge in [0.2, 0.25) is 0 Å². The number of hydrogen-bond donors (Lipinski definition) is 1. The molecule has 6 nitrogen and oxygen atoms in total. The number of amides is 1. The first-order valence-corrected chi connectivity index (χ1v) is 10.1. The van der Waals surface area contributed by atoms with E-state index in [1.54, 1.807) is 4.90 Å². The Kier molecular flexibility index (Phi) is 5.63. The van der Waals surface area contributed by atoms with E-state index in [0.717, 1.165) is 37.9 Å². The van der Waals surface area contributed by atoms with Crippen molar-refractivity contribution in [1.29, 1.82) is 0 Å². The van der Waals surface area contributed by atoms with Crippen LogP contribution in [0.2, 0.25) is 0 Å². The van der Waals surface area contributed by atoms with Crippen LogP contribution in [0.3, 0.4) is 0 Å². The summed E-state index contributed by atoms with van der Waals surface area (Å²) in [6, 6.07) is 10.9. The minimum absolute atomic E-state index is 0.0299. The number of nitrogens with zero attached hydrogens (tertiary/aromatic N) is 4. The third-order valence-corrected chi connectivity index (χ3v) is 6.25. The highest BCUT2D eigenvalue weighted by molar-refractivity contribution is 5.94. The monoisotopic (exact) mass is 398 g/mol. The molecule has 2 aliphatic heterocycles. The summed E-state index contributed by atoms with van der Waals surface area (Å²) in [5.74, 6) is -0.961. The fourth-order valence-electron chi connectivity index (χ4n) is 4.44. The second-order valence-electron chi connectivity index (χ2n) is 8.00. The first-order valence-electron chi connectivity index (χ1n) is 10.1. The number of likely N-dealkylation sites (tertiary alicyclic amines) is 1. The minimum Gasteiger partial charge on any atom is -0.383 e. The Morgan fingerprint density at radius 3 is 2.55 bits per heavy atom. The first kappa shape index (κ1) is 19.9. The highest BCUT2D eigenvalue weighted by atomic mass is 19.1. The van der Waals surface area contributed by atoms with Crippen LogP contribution < -0.4 is 0 Å². The lowest BCUT2D eigenvalue weighted by Crippen LogP contribution is -2.64. The largest absolute Gasteiger partial charge is 0.383 e. The number of carbonyl (C=O) groups is 1. The number of benzene rings is 1. The molecule has 1 aromatic heterocycles. The molecule has 1 aromatic carbocycles. The van der Waals surface area contributed by atoms with Crippen molar-refractivity contribution in [1.82, 2.24) is 19.7 Å². The molecule has 3 heterocycles. The van der Waals surface area contributed by atoms with Crippen LogP contribution in [0.25, 0.3) is 0 Å². The Labute approximate surface area is 170 Å². The van der Waals surface area contributed by atoms with Crippen LogP contribution in [-0.2, 0) is 5.60 Å². The number of carbonyl (C=O) groups excluding carboxylic acids is 1. The van der Waals surface area contributed by atoms with E-state index in [1.807, 2.05) is 30.3 Å². The highest BCUT2D eigenvalue weighted by Gasteiger charge is 2.47. The van der Waals surface area contributed by atoms with Gasteiger partial charge in [0.1, 0.15) is 5.60 Å². The molecule has 4 rings (SSSR count). The van der Waals surface area contributed by atoms with Gasteiger partial charge in [-0.1, -0.05) is 30.3 Å². The molecule has 2 atom stereocenters. The summed E-state index contributed by atoms with van der Waals surface area (Å²) in [4.78, 5) is 22.9. The molecular formula is C22H27FN4O2. The number of likely N-dealkylation sites (N-methyl/N-ethyl adjacent to an activating group) is 1. The standard InChI is InChI=1S/C22H27FN4O2/c1-25-11-13-26(14-12-25)20-16-27(21(28)18-7-9-24-15-19(18)23)10-8-22(20,29)17-5-3-2-4-6-17/h2-7,9,15,20,29H,8,10-14,16H2,1H3/t20-,22+/m1/s1. The van der Waals surface area contributed by atoms with E-state index in [-0.39, 0.29) is 17.5 Å². The van der Waals surface area contributed by atoms with Crippen LogP contribution in [0.1, 0.15) is 22.3 Å². The zero-order valence-corrected chi connectivity index (χ0v) is 16.7. The van der Waals surface area contributed by atoms with Crippen molar-refractivity contribution in [3.63, 3.8) is 0 Å². The smallest absolute Gasteiger partial charge is 0.257 e. The summed E-state index contributed by atoms with van der Waals surface area (Å²) < 4.78 is 14.1. The zero-order valence-electron chi connectivity index (χ0n) is 16.7. The predicted molar refractivity (Wildman–Crippen MR) is 108 cm³/mol. The summed E-state index contributed by atoms with van der Waals surface area (Å²) in [5, 5.41) is 11.8. The van der Waals surface area contributed by atoms with Crippen molar-refractivity contribution >= 4 is 5.91 Å². The van der Waals surface area contributed by atoms with E-state index in [1.165, 1.54) is 12.3 Å². The molecule has 2 aromatic rings. The van der Waals surface area contributed by atoms with Crippen molar-refractivity contribution in [3.8, 4) is 0 Å². The lowest BCUT2D eigenvalue weighted by molar-refractivity contribution is -0.101. The normalized spacial score (nSPS) is 26.4. The zero-order chi connectivity index (χ0) is 20.4. The van der Waals surface area contributed by atoms with Gasteiger partial charge in [0, 0.05) is 45.5 Å². The van der Waals surface area contributed by atoms with Crippen LogP contribution in [-0.4, -0.2) is 83.1 Å². The van der Waals surface area contributed by atoms with E-state index in [9.17, 15) is 14.3 Å². The number of piperazine rings is 1. The fraction of sp³-hybridized carbons (Fsp3) is 0.455. The van der Waals surface area contributed by atoms with Gasteiger partial charge >= 0.3 is 0 Å². The molecule has 2 fully saturated rings. The fourth-order valence-corrected chi connectivity index (χ4v) is 4.44. The SMILES string of the molecule is CN1CCN([C@@H]2CN(C(=O)c3ccncc3F)CC[C@]2(O)c2ccccc2)CC1. The molecular weight excluding hydrogens is 371 g/mol. The van der Waals surface area contributed by atoms with Crippen LogP contribution in [0.15, 0.2) is 48.8 Å². The Hall–Kier alpha value is -2.35. The summed E-state index contributed by atoms with van der Waals surface area (Å²) in [7, 11) is 2.09. The third kappa shape index (κ3) is 3.90. The summed E-state index contributed by atoms with van der Waals surface area (Å²) in [6.45, 7) is 4.19. The highest BCUT2D eigenvalue weighted by Crippen LogP contribution is 2.37. The Balaban J connectivity index is 1.63. The molecule has 0 spiro atoms. The summed E-state index contributed by atoms with van der Waals surface area (Å²) in [5.41, 5.74) is -0.154. The Bertz CT molecular complexity index is 857. The van der Waals surface area contributed by atoms with Crippen molar-refractivity contribution in [2.24, 2.45) is 0 Å². The average molecular weight is 398 g/mol. The predicted octanol–water partition coefficient (Wildman–Crippen LogP) is 1.57. The van der Waals surface area contributed by atoms with Crippen molar-refractivity contribution in [2.45, 2.75) is 18.1 Å². The van der Waals surface area contributed by atoms with Gasteiger partial charge in [0.25, 0.3) is 5.91 Å². The minimum atomic E-state index is -1.05. The molecule has 29 heavy (non-hydrogen) atoms. The van der Waals surface area contributed by atoms with Crippen LogP contribution >= 0.6 is 0 Å². The van der Waals surface area contributed by atoms with Gasteiger partial charge in [0.05, 0.1) is 17.8 Å². The van der Waals surface area contributed by atoms with Gasteiger partial charge in [-0.3, -0.25) is 14.7 Å². The third-order valence-electron chi connectivity index (χ3n) is 6.25. The van der Waals surface area contributed by atoms with Crippen LogP contribution in [0.4, 0.5) is 4.39 Å². The molecule has 0 saturated carbocycles. The Morgan fingerprint density at radius 1 is 1.14 bits per heavy atom. The Morgan fingerprint density at radius 2 is 1.86 bits per heavy atom. The number of hydrogen-bond acceptors (Lipinski definition) is 5. The van der Waals surface area contributed by atoms with Crippen molar-refractivity contribution < 1.29 is 14.3 Å². The maximum absolute atomic E-state index is 14.1. The molecule has 2 saturated heterocycles. The van der Waals surface area contributed by atoms with Crippen molar-refractivity contribution in [2.75, 3.05) is 46.3 Å². The van der Waals surface area contributed by atoms with Crippen LogP contribution in [0, 0.1) is 5.82 Å². The second-order valence-corrected chi connectivity index (χ2v) is 8.00. The summed E-state index contributed by atoms with van der Waals surface area (Å²) >= 11 is 0. The van der Waals surface area contributed by atoms with Crippen molar-refractivity contribution in [3.05, 3.63) is 65.7 Å². The number of rotatable bonds is 3. The van der Waals surface area contributed by atoms with Gasteiger partial charge in [-0.25, -0.2) is 4.39 Å². The molecule has 2 aliphatic rings. The maximum atomic E-state index is 14.1. The lowest BCUT2D eigenvalue weighted by atomic mass is 9.79. The van der Waals surface area contributed by atoms with Gasteiger partial charge in [-0.15, -0.1) is 0 Å². The number of aromatic nitrogens is 1. The molecule has 7 heteroatoms. The first-order chi connectivity index (χ1) is 14.0.